The normalized spacial score (nSPS) is 20.4. The Morgan fingerprint density at radius 3 is 2.93 bits per heavy atom. The van der Waals surface area contributed by atoms with Gasteiger partial charge in [-0.15, -0.1) is 0 Å². The highest BCUT2D eigenvalue weighted by molar-refractivity contribution is 7.90. The number of nitrogens with zero attached hydrogens (tertiary/aromatic N) is 1. The van der Waals surface area contributed by atoms with Crippen molar-refractivity contribution in [2.24, 2.45) is 0 Å². The lowest BCUT2D eigenvalue weighted by Gasteiger charge is -2.22. The van der Waals surface area contributed by atoms with E-state index >= 15 is 0 Å². The van der Waals surface area contributed by atoms with E-state index in [1.54, 1.807) is 0 Å². The van der Waals surface area contributed by atoms with Crippen molar-refractivity contribution >= 4 is 27.5 Å². The van der Waals surface area contributed by atoms with Gasteiger partial charge in [0, 0.05) is 18.3 Å². The highest BCUT2D eigenvalue weighted by atomic mass is 32.2. The van der Waals surface area contributed by atoms with Crippen LogP contribution in [0, 0.1) is 0 Å². The molecule has 28 heavy (non-hydrogen) atoms. The van der Waals surface area contributed by atoms with Crippen LogP contribution in [0.3, 0.4) is 0 Å². The van der Waals surface area contributed by atoms with Gasteiger partial charge in [0.1, 0.15) is 10.6 Å². The summed E-state index contributed by atoms with van der Waals surface area (Å²) >= 11 is 0. The molecule has 2 N–H and O–H groups in total. The van der Waals surface area contributed by atoms with E-state index in [0.717, 1.165) is 3.97 Å². The van der Waals surface area contributed by atoms with Crippen LogP contribution in [0.1, 0.15) is 27.3 Å². The third-order valence-corrected chi connectivity index (χ3v) is 6.36. The van der Waals surface area contributed by atoms with Crippen molar-refractivity contribution in [3.05, 3.63) is 47.8 Å². The van der Waals surface area contributed by atoms with Gasteiger partial charge in [0.05, 0.1) is 31.6 Å². The molecule has 0 aliphatic carbocycles. The first kappa shape index (κ1) is 18.7. The van der Waals surface area contributed by atoms with Gasteiger partial charge in [-0.25, -0.2) is 12.4 Å². The summed E-state index contributed by atoms with van der Waals surface area (Å²) in [5.41, 5.74) is 0.337. The van der Waals surface area contributed by atoms with Gasteiger partial charge in [0.25, 0.3) is 21.8 Å². The average Bonchev–Trinajstić information content (AvgIpc) is 3.17. The number of carbonyl (C=O) groups excluding carboxylic acids is 2. The molecule has 1 saturated heterocycles. The zero-order valence-corrected chi connectivity index (χ0v) is 15.7. The summed E-state index contributed by atoms with van der Waals surface area (Å²) in [5, 5.41) is 5.34. The molecule has 0 saturated carbocycles. The molecule has 0 spiro atoms. The Kier molecular flexibility index (Phi) is 4.92. The number of nitrogens with one attached hydrogen (secondary N) is 2. The van der Waals surface area contributed by atoms with Crippen LogP contribution in [0.5, 0.6) is 0 Å². The molecule has 2 aliphatic rings. The zero-order chi connectivity index (χ0) is 19.7. The van der Waals surface area contributed by atoms with E-state index in [1.165, 1.54) is 36.5 Å². The minimum Gasteiger partial charge on any atom is -0.376 e. The van der Waals surface area contributed by atoms with Gasteiger partial charge in [0.2, 0.25) is 0 Å². The summed E-state index contributed by atoms with van der Waals surface area (Å²) in [5.74, 6) is -0.922. The molecule has 148 valence electrons. The van der Waals surface area contributed by atoms with Gasteiger partial charge in [-0.2, -0.15) is 0 Å². The van der Waals surface area contributed by atoms with Crippen LogP contribution in [-0.4, -0.2) is 56.7 Å². The van der Waals surface area contributed by atoms with E-state index < -0.39 is 15.9 Å². The van der Waals surface area contributed by atoms with Gasteiger partial charge < -0.3 is 20.1 Å². The monoisotopic (exact) mass is 405 g/mol. The van der Waals surface area contributed by atoms with Crippen LogP contribution in [0.15, 0.2) is 41.4 Å². The van der Waals surface area contributed by atoms with Crippen molar-refractivity contribution in [3.8, 4) is 0 Å². The molecule has 2 amide bonds. The van der Waals surface area contributed by atoms with Crippen molar-refractivity contribution in [1.82, 2.24) is 9.29 Å². The summed E-state index contributed by atoms with van der Waals surface area (Å²) in [6.45, 7) is 2.01. The fourth-order valence-electron chi connectivity index (χ4n) is 3.19. The second-order valence-corrected chi connectivity index (χ2v) is 8.25. The zero-order valence-electron chi connectivity index (χ0n) is 14.9. The third-order valence-electron chi connectivity index (χ3n) is 4.61. The minimum atomic E-state index is -3.93. The number of benzene rings is 1. The van der Waals surface area contributed by atoms with Crippen LogP contribution in [0.4, 0.5) is 5.69 Å². The van der Waals surface area contributed by atoms with Crippen LogP contribution >= 0.6 is 0 Å². The summed E-state index contributed by atoms with van der Waals surface area (Å²) in [6.07, 6.45) is 1.87. The molecular weight excluding hydrogens is 386 g/mol. The highest BCUT2D eigenvalue weighted by Gasteiger charge is 2.30. The van der Waals surface area contributed by atoms with Gasteiger partial charge in [0.15, 0.2) is 0 Å². The molecule has 2 aromatic rings. The Labute approximate surface area is 161 Å². The van der Waals surface area contributed by atoms with Crippen molar-refractivity contribution in [3.63, 3.8) is 0 Å². The molecule has 1 aromatic carbocycles. The number of aromatic nitrogens is 1. The van der Waals surface area contributed by atoms with E-state index in [2.05, 4.69) is 10.6 Å². The number of ether oxygens (including phenoxy) is 2. The van der Waals surface area contributed by atoms with Gasteiger partial charge in [-0.05, 0) is 36.8 Å². The van der Waals surface area contributed by atoms with E-state index in [-0.39, 0.29) is 33.9 Å². The molecule has 0 bridgehead atoms. The van der Waals surface area contributed by atoms with Gasteiger partial charge >= 0.3 is 0 Å². The molecular formula is C18H19N3O6S. The number of anilines is 1. The summed E-state index contributed by atoms with van der Waals surface area (Å²) in [7, 11) is -3.93. The fourth-order valence-corrected chi connectivity index (χ4v) is 4.66. The number of rotatable bonds is 4. The van der Waals surface area contributed by atoms with E-state index in [9.17, 15) is 18.0 Å². The maximum atomic E-state index is 12.8. The predicted octanol–water partition coefficient (Wildman–Crippen LogP) is 0.826. The van der Waals surface area contributed by atoms with Crippen LogP contribution in [0.25, 0.3) is 0 Å². The Morgan fingerprint density at radius 1 is 1.29 bits per heavy atom. The summed E-state index contributed by atoms with van der Waals surface area (Å²) in [6, 6.07) is 7.02. The molecule has 4 rings (SSSR count). The number of amides is 2. The molecule has 10 heteroatoms. The summed E-state index contributed by atoms with van der Waals surface area (Å²) < 4.78 is 37.4. The SMILES string of the molecule is O=C(NCC[C@@H]1COCCO1)c1ccc2c(c1)NC(=O)c1cccn1S2(=O)=O. The topological polar surface area (TPSA) is 116 Å². The molecule has 2 aliphatic heterocycles. The van der Waals surface area contributed by atoms with Crippen molar-refractivity contribution in [1.29, 1.82) is 0 Å². The Bertz CT molecular complexity index is 1020. The van der Waals surface area contributed by atoms with Crippen LogP contribution in [0.2, 0.25) is 0 Å². The second-order valence-electron chi connectivity index (χ2n) is 6.47. The number of hydrogen-bond donors (Lipinski definition) is 2. The smallest absolute Gasteiger partial charge is 0.273 e. The average molecular weight is 405 g/mol. The first-order chi connectivity index (χ1) is 13.5. The van der Waals surface area contributed by atoms with Gasteiger partial charge in [-0.1, -0.05) is 0 Å². The number of fused-ring (bicyclic) bond motifs is 2. The number of carbonyl (C=O) groups is 2. The van der Waals surface area contributed by atoms with Crippen LogP contribution in [-0.2, 0) is 19.5 Å². The maximum absolute atomic E-state index is 12.8. The highest BCUT2D eigenvalue weighted by Crippen LogP contribution is 2.29. The Morgan fingerprint density at radius 2 is 2.14 bits per heavy atom. The molecule has 1 aromatic heterocycles. The second kappa shape index (κ2) is 7.38. The van der Waals surface area contributed by atoms with E-state index in [4.69, 9.17) is 9.47 Å². The summed E-state index contributed by atoms with van der Waals surface area (Å²) in [4.78, 5) is 24.7. The molecule has 0 radical (unpaired) electrons. The quantitative estimate of drug-likeness (QED) is 0.778. The maximum Gasteiger partial charge on any atom is 0.273 e. The predicted molar refractivity (Wildman–Crippen MR) is 98.9 cm³/mol. The molecule has 9 nitrogen and oxygen atoms in total. The Hall–Kier alpha value is -2.69. The largest absolute Gasteiger partial charge is 0.376 e. The van der Waals surface area contributed by atoms with Crippen molar-refractivity contribution in [2.75, 3.05) is 31.7 Å². The number of hydrogen-bond acceptors (Lipinski definition) is 6. The first-order valence-electron chi connectivity index (χ1n) is 8.83. The molecule has 1 fully saturated rings. The van der Waals surface area contributed by atoms with Crippen LogP contribution < -0.4 is 10.6 Å². The first-order valence-corrected chi connectivity index (χ1v) is 10.3. The molecule has 1 atom stereocenters. The van der Waals surface area contributed by atoms with Gasteiger partial charge in [-0.3, -0.25) is 9.59 Å². The fraction of sp³-hybridized carbons (Fsp3) is 0.333. The van der Waals surface area contributed by atoms with E-state index in [1.807, 2.05) is 0 Å². The van der Waals surface area contributed by atoms with Crippen molar-refractivity contribution < 1.29 is 27.5 Å². The molecule has 3 heterocycles. The standard InChI is InChI=1S/C18H19N3O6S/c22-17(19-6-5-13-11-26-8-9-27-13)12-3-4-16-14(10-12)20-18(23)15-2-1-7-21(15)28(16,24)25/h1-4,7,10,13H,5-6,8-9,11H2,(H,19,22)(H,20,23)/t13-/m1/s1. The third kappa shape index (κ3) is 3.41. The lowest BCUT2D eigenvalue weighted by molar-refractivity contribution is -0.0899. The molecule has 0 unspecified atom stereocenters. The minimum absolute atomic E-state index is 0.0110. The lowest BCUT2D eigenvalue weighted by Crippen LogP contribution is -2.33. The lowest BCUT2D eigenvalue weighted by atomic mass is 10.1. The Balaban J connectivity index is 1.51. The van der Waals surface area contributed by atoms with Crippen molar-refractivity contribution in [2.45, 2.75) is 17.4 Å². The van der Waals surface area contributed by atoms with E-state index in [0.29, 0.717) is 32.8 Å².